The number of aromatic nitrogens is 3. The van der Waals surface area contributed by atoms with E-state index in [1.807, 2.05) is 0 Å². The minimum Gasteiger partial charge on any atom is -0.388 e. The molecule has 0 radical (unpaired) electrons. The third kappa shape index (κ3) is 2.07. The molecule has 4 atom stereocenters. The Bertz CT molecular complexity index is 706. The van der Waals surface area contributed by atoms with Crippen LogP contribution in [0.2, 0.25) is 0 Å². The molecule has 0 amide bonds. The molecule has 0 saturated carbocycles. The van der Waals surface area contributed by atoms with Gasteiger partial charge < -0.3 is 30.4 Å². The minimum absolute atomic E-state index is 0.320. The molecular weight excluding hydrogens is 288 g/mol. The lowest BCUT2D eigenvalue weighted by molar-refractivity contribution is -0.124. The SMILES string of the molecule is CC(C)(O)[C@H]1OC(n2ccc3c(N)ncnc32)[C@](C)(O)[C@@H]1O. The number of aliphatic hydroxyl groups is 3. The molecule has 8 nitrogen and oxygen atoms in total. The van der Waals surface area contributed by atoms with Crippen LogP contribution in [0.1, 0.15) is 27.0 Å². The highest BCUT2D eigenvalue weighted by Crippen LogP contribution is 2.43. The first kappa shape index (κ1) is 15.2. The van der Waals surface area contributed by atoms with Crippen LogP contribution in [0.3, 0.4) is 0 Å². The zero-order valence-electron chi connectivity index (χ0n) is 12.6. The molecule has 120 valence electrons. The lowest BCUT2D eigenvalue weighted by Gasteiger charge is -2.29. The molecule has 8 heteroatoms. The molecule has 1 fully saturated rings. The van der Waals surface area contributed by atoms with Crippen LogP contribution in [0.15, 0.2) is 18.6 Å². The van der Waals surface area contributed by atoms with Gasteiger partial charge in [0.25, 0.3) is 0 Å². The second kappa shape index (κ2) is 4.63. The molecule has 0 aromatic carbocycles. The van der Waals surface area contributed by atoms with Crippen LogP contribution in [0.4, 0.5) is 5.82 Å². The van der Waals surface area contributed by atoms with Gasteiger partial charge in [0.05, 0.1) is 11.0 Å². The van der Waals surface area contributed by atoms with Crippen LogP contribution in [0.25, 0.3) is 11.0 Å². The molecule has 5 N–H and O–H groups in total. The third-order valence-electron chi connectivity index (χ3n) is 4.15. The van der Waals surface area contributed by atoms with Crippen LogP contribution in [-0.4, -0.2) is 53.3 Å². The summed E-state index contributed by atoms with van der Waals surface area (Å²) in [7, 11) is 0. The Kier molecular flexibility index (Phi) is 3.19. The number of aliphatic hydroxyl groups excluding tert-OH is 1. The Morgan fingerprint density at radius 1 is 1.41 bits per heavy atom. The van der Waals surface area contributed by atoms with Crippen molar-refractivity contribution in [1.82, 2.24) is 14.5 Å². The molecule has 3 heterocycles. The second-order valence-corrected chi connectivity index (χ2v) is 6.45. The largest absolute Gasteiger partial charge is 0.388 e. The van der Waals surface area contributed by atoms with E-state index in [2.05, 4.69) is 9.97 Å². The number of nitrogens with zero attached hydrogens (tertiary/aromatic N) is 3. The van der Waals surface area contributed by atoms with Gasteiger partial charge in [-0.3, -0.25) is 0 Å². The molecule has 3 rings (SSSR count). The molecule has 2 aromatic heterocycles. The summed E-state index contributed by atoms with van der Waals surface area (Å²) in [5.74, 6) is 0.320. The zero-order chi connectivity index (χ0) is 16.3. The van der Waals surface area contributed by atoms with Crippen molar-refractivity contribution in [3.8, 4) is 0 Å². The number of nitrogen functional groups attached to an aromatic ring is 1. The van der Waals surface area contributed by atoms with Crippen molar-refractivity contribution in [2.45, 2.75) is 50.4 Å². The van der Waals surface area contributed by atoms with Gasteiger partial charge in [-0.25, -0.2) is 9.97 Å². The molecule has 1 unspecified atom stereocenters. The summed E-state index contributed by atoms with van der Waals surface area (Å²) in [6.07, 6.45) is -0.125. The molecule has 2 aromatic rings. The fourth-order valence-corrected chi connectivity index (χ4v) is 2.88. The summed E-state index contributed by atoms with van der Waals surface area (Å²) >= 11 is 0. The van der Waals surface area contributed by atoms with Gasteiger partial charge in [-0.2, -0.15) is 0 Å². The van der Waals surface area contributed by atoms with E-state index in [0.29, 0.717) is 16.9 Å². The fraction of sp³-hybridized carbons (Fsp3) is 0.571. The number of fused-ring (bicyclic) bond motifs is 1. The van der Waals surface area contributed by atoms with E-state index in [0.717, 1.165) is 0 Å². The molecule has 0 aliphatic carbocycles. The monoisotopic (exact) mass is 308 g/mol. The molecule has 0 bridgehead atoms. The van der Waals surface area contributed by atoms with Gasteiger partial charge in [0, 0.05) is 6.20 Å². The fourth-order valence-electron chi connectivity index (χ4n) is 2.88. The predicted octanol–water partition coefficient (Wildman–Crippen LogP) is -0.206. The summed E-state index contributed by atoms with van der Waals surface area (Å²) in [6.45, 7) is 4.50. The van der Waals surface area contributed by atoms with E-state index in [9.17, 15) is 15.3 Å². The summed E-state index contributed by atoms with van der Waals surface area (Å²) in [4.78, 5) is 8.07. The van der Waals surface area contributed by atoms with Crippen molar-refractivity contribution >= 4 is 16.9 Å². The molecule has 1 aliphatic heterocycles. The summed E-state index contributed by atoms with van der Waals surface area (Å²) in [5, 5.41) is 31.8. The maximum Gasteiger partial charge on any atom is 0.167 e. The minimum atomic E-state index is -1.60. The van der Waals surface area contributed by atoms with E-state index < -0.39 is 29.6 Å². The van der Waals surface area contributed by atoms with E-state index in [1.54, 1.807) is 16.8 Å². The van der Waals surface area contributed by atoms with E-state index >= 15 is 0 Å². The van der Waals surface area contributed by atoms with Crippen molar-refractivity contribution in [1.29, 1.82) is 0 Å². The van der Waals surface area contributed by atoms with Gasteiger partial charge in [0.2, 0.25) is 0 Å². The maximum atomic E-state index is 10.7. The Morgan fingerprint density at radius 3 is 2.68 bits per heavy atom. The molecule has 0 spiro atoms. The molecule has 1 aliphatic rings. The Balaban J connectivity index is 2.09. The summed E-state index contributed by atoms with van der Waals surface area (Å²) in [6, 6.07) is 1.72. The predicted molar refractivity (Wildman–Crippen MR) is 78.8 cm³/mol. The van der Waals surface area contributed by atoms with Gasteiger partial charge >= 0.3 is 0 Å². The summed E-state index contributed by atoms with van der Waals surface area (Å²) in [5.41, 5.74) is 3.38. The van der Waals surface area contributed by atoms with Gasteiger partial charge in [-0.05, 0) is 26.8 Å². The second-order valence-electron chi connectivity index (χ2n) is 6.45. The third-order valence-corrected chi connectivity index (χ3v) is 4.15. The number of hydrogen-bond donors (Lipinski definition) is 4. The average Bonchev–Trinajstić information content (AvgIpc) is 2.91. The van der Waals surface area contributed by atoms with Gasteiger partial charge in [-0.15, -0.1) is 0 Å². The smallest absolute Gasteiger partial charge is 0.167 e. The number of hydrogen-bond acceptors (Lipinski definition) is 7. The van der Waals surface area contributed by atoms with Gasteiger partial charge in [0.1, 0.15) is 35.6 Å². The normalized spacial score (nSPS) is 32.7. The average molecular weight is 308 g/mol. The lowest BCUT2D eigenvalue weighted by atomic mass is 9.89. The van der Waals surface area contributed by atoms with Crippen molar-refractivity contribution in [3.05, 3.63) is 18.6 Å². The van der Waals surface area contributed by atoms with Crippen LogP contribution >= 0.6 is 0 Å². The van der Waals surface area contributed by atoms with Crippen LogP contribution < -0.4 is 5.73 Å². The summed E-state index contributed by atoms with van der Waals surface area (Å²) < 4.78 is 7.34. The van der Waals surface area contributed by atoms with Crippen molar-refractivity contribution in [2.24, 2.45) is 0 Å². The number of anilines is 1. The first-order valence-electron chi connectivity index (χ1n) is 6.99. The number of nitrogens with two attached hydrogens (primary N) is 1. The number of ether oxygens (including phenoxy) is 1. The highest BCUT2D eigenvalue weighted by Gasteiger charge is 2.57. The van der Waals surface area contributed by atoms with Crippen LogP contribution in [0.5, 0.6) is 0 Å². The van der Waals surface area contributed by atoms with Crippen LogP contribution in [0, 0.1) is 0 Å². The van der Waals surface area contributed by atoms with E-state index in [1.165, 1.54) is 27.1 Å². The van der Waals surface area contributed by atoms with Gasteiger partial charge in [-0.1, -0.05) is 0 Å². The molecular formula is C14H20N4O4. The lowest BCUT2D eigenvalue weighted by Crippen LogP contribution is -2.49. The zero-order valence-corrected chi connectivity index (χ0v) is 12.6. The van der Waals surface area contributed by atoms with Crippen molar-refractivity contribution < 1.29 is 20.1 Å². The first-order valence-corrected chi connectivity index (χ1v) is 6.99. The highest BCUT2D eigenvalue weighted by atomic mass is 16.6. The molecule has 22 heavy (non-hydrogen) atoms. The Hall–Kier alpha value is -1.74. The maximum absolute atomic E-state index is 10.7. The van der Waals surface area contributed by atoms with Gasteiger partial charge in [0.15, 0.2) is 6.23 Å². The quantitative estimate of drug-likeness (QED) is 0.604. The Labute approximate surface area is 127 Å². The first-order chi connectivity index (χ1) is 10.1. The van der Waals surface area contributed by atoms with E-state index in [4.69, 9.17) is 10.5 Å². The molecule has 1 saturated heterocycles. The topological polar surface area (TPSA) is 127 Å². The van der Waals surface area contributed by atoms with Crippen molar-refractivity contribution in [3.63, 3.8) is 0 Å². The Morgan fingerprint density at radius 2 is 2.09 bits per heavy atom. The van der Waals surface area contributed by atoms with Crippen molar-refractivity contribution in [2.75, 3.05) is 5.73 Å². The van der Waals surface area contributed by atoms with Crippen LogP contribution in [-0.2, 0) is 4.74 Å². The number of rotatable bonds is 2. The standard InChI is InChI=1S/C14H20N4O4/c1-13(2,20)9-8(19)14(3,21)12(22-9)18-5-4-7-10(15)16-6-17-11(7)18/h4-6,8-9,12,19-21H,1-3H3,(H2,15,16,17)/t8-,9+,12?,14-/m1/s1. The highest BCUT2D eigenvalue weighted by molar-refractivity contribution is 5.86. The van der Waals surface area contributed by atoms with E-state index in [-0.39, 0.29) is 0 Å².